The van der Waals surface area contributed by atoms with Gasteiger partial charge in [0.05, 0.1) is 0 Å². The maximum absolute atomic E-state index is 12.9. The molecule has 4 saturated carbocycles. The quantitative estimate of drug-likeness (QED) is 0.524. The molecule has 0 aromatic rings. The summed E-state index contributed by atoms with van der Waals surface area (Å²) in [6.07, 6.45) is 6.27. The molecule has 0 aliphatic heterocycles. The van der Waals surface area contributed by atoms with Crippen LogP contribution < -0.4 is 0 Å². The van der Waals surface area contributed by atoms with Crippen molar-refractivity contribution in [3.8, 4) is 0 Å². The summed E-state index contributed by atoms with van der Waals surface area (Å²) in [4.78, 5) is 51.1. The Kier molecular flexibility index (Phi) is 4.20. The molecule has 0 aromatic heterocycles. The molecule has 4 fully saturated rings. The minimum absolute atomic E-state index is 0.0130. The number of ether oxygens (including phenoxy) is 1. The lowest BCUT2D eigenvalue weighted by Crippen LogP contribution is -2.59. The van der Waals surface area contributed by atoms with Gasteiger partial charge in [-0.15, -0.1) is 0 Å². The maximum atomic E-state index is 12.9. The highest BCUT2D eigenvalue weighted by atomic mass is 16.5. The Morgan fingerprint density at radius 3 is 2.37 bits per heavy atom. The molecule has 0 bridgehead atoms. The molecule has 5 rings (SSSR count). The number of fused-ring (bicyclic) bond motifs is 6. The van der Waals surface area contributed by atoms with Gasteiger partial charge in [-0.1, -0.05) is 19.4 Å². The standard InChI is InChI=1S/C25H32O5/c1-5-30-22-19(27)12-14-6-7-15-17-9-8-16(13(2)26)23(17,3)11-10-18(15)24(14,4)25(22)20(28)21(25)29/h12,15-18,22H,5-11H2,1-4H3/t15-,16+,17-,18-,22?,23+,24-/m0/s1. The van der Waals surface area contributed by atoms with Crippen LogP contribution >= 0.6 is 0 Å². The topological polar surface area (TPSA) is 77.5 Å². The minimum atomic E-state index is -1.32. The van der Waals surface area contributed by atoms with Crippen LogP contribution in [0.3, 0.4) is 0 Å². The molecule has 1 spiro atoms. The van der Waals surface area contributed by atoms with Gasteiger partial charge < -0.3 is 4.74 Å². The van der Waals surface area contributed by atoms with Crippen LogP contribution in [0.5, 0.6) is 0 Å². The van der Waals surface area contributed by atoms with Gasteiger partial charge in [-0.2, -0.15) is 0 Å². The SMILES string of the molecule is CCOC1C(=O)C=C2CC[C@H]3[C@@H]4CC[C@H](C(C)=O)[C@@]4(C)CC[C@@H]3[C@@]2(C)C12C(=O)C2=O. The summed E-state index contributed by atoms with van der Waals surface area (Å²) in [6.45, 7) is 8.18. The van der Waals surface area contributed by atoms with E-state index in [1.807, 2.05) is 0 Å². The highest BCUT2D eigenvalue weighted by Gasteiger charge is 2.83. The summed E-state index contributed by atoms with van der Waals surface area (Å²) >= 11 is 0. The molecule has 0 heterocycles. The van der Waals surface area contributed by atoms with Gasteiger partial charge in [0.1, 0.15) is 17.3 Å². The van der Waals surface area contributed by atoms with Crippen molar-refractivity contribution in [2.75, 3.05) is 6.61 Å². The Hall–Kier alpha value is -1.62. The van der Waals surface area contributed by atoms with Crippen LogP contribution in [-0.4, -0.2) is 35.8 Å². The van der Waals surface area contributed by atoms with E-state index in [-0.39, 0.29) is 23.0 Å². The second kappa shape index (κ2) is 6.21. The Bertz CT molecular complexity index is 885. The molecule has 5 nitrogen and oxygen atoms in total. The molecule has 0 aromatic carbocycles. The molecular formula is C25H32O5. The van der Waals surface area contributed by atoms with Crippen LogP contribution in [0.2, 0.25) is 0 Å². The van der Waals surface area contributed by atoms with Crippen molar-refractivity contribution in [2.24, 2.45) is 39.9 Å². The summed E-state index contributed by atoms with van der Waals surface area (Å²) in [5.74, 6) is 0.360. The number of hydrogen-bond acceptors (Lipinski definition) is 5. The van der Waals surface area contributed by atoms with Gasteiger partial charge in [-0.05, 0) is 81.6 Å². The monoisotopic (exact) mass is 412 g/mol. The molecule has 0 radical (unpaired) electrons. The number of carbonyl (C=O) groups is 4. The molecule has 5 heteroatoms. The Labute approximate surface area is 178 Å². The van der Waals surface area contributed by atoms with E-state index in [0.717, 1.165) is 44.1 Å². The molecule has 5 aliphatic carbocycles. The summed E-state index contributed by atoms with van der Waals surface area (Å²) < 4.78 is 5.78. The van der Waals surface area contributed by atoms with E-state index in [1.54, 1.807) is 19.9 Å². The van der Waals surface area contributed by atoms with Gasteiger partial charge in [-0.25, -0.2) is 0 Å². The first-order valence-corrected chi connectivity index (χ1v) is 11.6. The molecule has 1 unspecified atom stereocenters. The Balaban J connectivity index is 1.60. The maximum Gasteiger partial charge on any atom is 0.217 e. The molecular weight excluding hydrogens is 380 g/mol. The molecule has 7 atom stereocenters. The predicted octanol–water partition coefficient (Wildman–Crippen LogP) is 3.49. The first kappa shape index (κ1) is 20.3. The third-order valence-corrected chi connectivity index (χ3v) is 10.1. The Morgan fingerprint density at radius 1 is 1.07 bits per heavy atom. The van der Waals surface area contributed by atoms with E-state index in [4.69, 9.17) is 4.74 Å². The molecule has 162 valence electrons. The number of ketones is 4. The Morgan fingerprint density at radius 2 is 1.77 bits per heavy atom. The van der Waals surface area contributed by atoms with Crippen molar-refractivity contribution in [2.45, 2.75) is 72.3 Å². The van der Waals surface area contributed by atoms with Gasteiger partial charge in [0.25, 0.3) is 0 Å². The third kappa shape index (κ3) is 2.08. The first-order chi connectivity index (χ1) is 14.2. The van der Waals surface area contributed by atoms with Crippen molar-refractivity contribution in [1.82, 2.24) is 0 Å². The largest absolute Gasteiger partial charge is 0.369 e. The molecule has 5 aliphatic rings. The molecule has 30 heavy (non-hydrogen) atoms. The van der Waals surface area contributed by atoms with Crippen molar-refractivity contribution in [3.05, 3.63) is 11.6 Å². The number of Topliss-reactive ketones (excluding diaryl/α,β-unsaturated/α-hetero) is 3. The molecule has 0 N–H and O–H groups in total. The average molecular weight is 413 g/mol. The number of rotatable bonds is 3. The van der Waals surface area contributed by atoms with Gasteiger partial charge in [-0.3, -0.25) is 19.2 Å². The van der Waals surface area contributed by atoms with E-state index in [0.29, 0.717) is 24.2 Å². The lowest BCUT2D eigenvalue weighted by molar-refractivity contribution is -0.157. The third-order valence-electron chi connectivity index (χ3n) is 10.1. The highest BCUT2D eigenvalue weighted by molar-refractivity contribution is 6.65. The van der Waals surface area contributed by atoms with Crippen LogP contribution in [0, 0.1) is 39.9 Å². The van der Waals surface area contributed by atoms with E-state index in [9.17, 15) is 19.2 Å². The van der Waals surface area contributed by atoms with Crippen LogP contribution in [-0.2, 0) is 23.9 Å². The lowest BCUT2D eigenvalue weighted by Gasteiger charge is -2.60. The van der Waals surface area contributed by atoms with E-state index >= 15 is 0 Å². The van der Waals surface area contributed by atoms with E-state index in [2.05, 4.69) is 13.8 Å². The van der Waals surface area contributed by atoms with Gasteiger partial charge >= 0.3 is 0 Å². The van der Waals surface area contributed by atoms with Crippen LogP contribution in [0.25, 0.3) is 0 Å². The van der Waals surface area contributed by atoms with Crippen molar-refractivity contribution < 1.29 is 23.9 Å². The zero-order valence-electron chi connectivity index (χ0n) is 18.5. The first-order valence-electron chi connectivity index (χ1n) is 11.6. The minimum Gasteiger partial charge on any atom is -0.369 e. The van der Waals surface area contributed by atoms with Crippen LogP contribution in [0.4, 0.5) is 0 Å². The van der Waals surface area contributed by atoms with Gasteiger partial charge in [0.2, 0.25) is 11.6 Å². The fraction of sp³-hybridized carbons (Fsp3) is 0.760. The van der Waals surface area contributed by atoms with Crippen LogP contribution in [0.15, 0.2) is 11.6 Å². The van der Waals surface area contributed by atoms with Crippen molar-refractivity contribution >= 4 is 23.1 Å². The van der Waals surface area contributed by atoms with E-state index < -0.39 is 28.5 Å². The second-order valence-corrected chi connectivity index (χ2v) is 10.8. The number of hydrogen-bond donors (Lipinski definition) is 0. The lowest BCUT2D eigenvalue weighted by atomic mass is 9.43. The molecule has 0 saturated heterocycles. The summed E-state index contributed by atoms with van der Waals surface area (Å²) in [5, 5.41) is 0. The normalized spacial score (nSPS) is 46.2. The van der Waals surface area contributed by atoms with Gasteiger partial charge in [0.15, 0.2) is 5.78 Å². The zero-order chi connectivity index (χ0) is 21.6. The van der Waals surface area contributed by atoms with Crippen molar-refractivity contribution in [3.63, 3.8) is 0 Å². The summed E-state index contributed by atoms with van der Waals surface area (Å²) in [7, 11) is 0. The summed E-state index contributed by atoms with van der Waals surface area (Å²) in [5.41, 5.74) is -0.972. The van der Waals surface area contributed by atoms with E-state index in [1.165, 1.54) is 0 Å². The van der Waals surface area contributed by atoms with Crippen molar-refractivity contribution in [1.29, 1.82) is 0 Å². The fourth-order valence-electron chi connectivity index (χ4n) is 8.73. The van der Waals surface area contributed by atoms with Crippen LogP contribution in [0.1, 0.15) is 66.2 Å². The fourth-order valence-corrected chi connectivity index (χ4v) is 8.73. The highest BCUT2D eigenvalue weighted by Crippen LogP contribution is 2.73. The number of carbonyl (C=O) groups excluding carboxylic acids is 4. The molecule has 0 amide bonds. The summed E-state index contributed by atoms with van der Waals surface area (Å²) in [6, 6.07) is 0. The predicted molar refractivity (Wildman–Crippen MR) is 110 cm³/mol. The average Bonchev–Trinajstić information content (AvgIpc) is 3.05. The zero-order valence-corrected chi connectivity index (χ0v) is 18.5. The smallest absolute Gasteiger partial charge is 0.217 e. The van der Waals surface area contributed by atoms with Gasteiger partial charge in [0, 0.05) is 17.9 Å². The number of allylic oxidation sites excluding steroid dienone is 1. The second-order valence-electron chi connectivity index (χ2n) is 10.8.